The Morgan fingerprint density at radius 2 is 1.79 bits per heavy atom. The molecule has 0 unspecified atom stereocenters. The van der Waals surface area contributed by atoms with Gasteiger partial charge in [-0.15, -0.1) is 24.0 Å². The number of piperidine rings is 1. The second-order valence-electron chi connectivity index (χ2n) is 8.34. The van der Waals surface area contributed by atoms with E-state index in [0.29, 0.717) is 0 Å². The molecule has 2 aliphatic heterocycles. The number of ether oxygens (including phenoxy) is 1. The minimum absolute atomic E-state index is 0. The van der Waals surface area contributed by atoms with Crippen LogP contribution in [0, 0.1) is 5.92 Å². The fraction of sp³-hybridized carbons (Fsp3) is 0.905. The molecule has 0 spiro atoms. The van der Waals surface area contributed by atoms with Crippen molar-refractivity contribution in [2.24, 2.45) is 10.9 Å². The molecule has 2 heterocycles. The van der Waals surface area contributed by atoms with Crippen molar-refractivity contribution < 1.29 is 9.53 Å². The zero-order valence-corrected chi connectivity index (χ0v) is 21.3. The van der Waals surface area contributed by atoms with E-state index in [2.05, 4.69) is 33.8 Å². The summed E-state index contributed by atoms with van der Waals surface area (Å²) >= 11 is 2.09. The molecule has 0 amide bonds. The second-order valence-corrected chi connectivity index (χ2v) is 9.56. The quantitative estimate of drug-likeness (QED) is 0.251. The molecule has 1 aliphatic carbocycles. The van der Waals surface area contributed by atoms with E-state index >= 15 is 0 Å². The molecule has 2 saturated heterocycles. The Hall–Kier alpha value is -0.220. The average molecular weight is 539 g/mol. The SMILES string of the molecule is CCNC(=NCC1(N2CCSCC2)CCCCC1)N1CCC(C(=O)OC)CC1.I. The summed E-state index contributed by atoms with van der Waals surface area (Å²) in [6.07, 6.45) is 8.31. The second kappa shape index (κ2) is 12.6. The third-order valence-corrected chi connectivity index (χ3v) is 7.60. The van der Waals surface area contributed by atoms with Crippen LogP contribution in [-0.2, 0) is 9.53 Å². The third kappa shape index (κ3) is 6.63. The molecular weight excluding hydrogens is 499 g/mol. The number of esters is 1. The average Bonchev–Trinajstić information content (AvgIpc) is 2.77. The maximum atomic E-state index is 11.8. The lowest BCUT2D eigenvalue weighted by atomic mass is 9.80. The lowest BCUT2D eigenvalue weighted by molar-refractivity contribution is -0.146. The summed E-state index contributed by atoms with van der Waals surface area (Å²) in [5, 5.41) is 3.51. The third-order valence-electron chi connectivity index (χ3n) is 6.65. The van der Waals surface area contributed by atoms with Crippen LogP contribution in [0.5, 0.6) is 0 Å². The predicted octanol–water partition coefficient (Wildman–Crippen LogP) is 3.21. The van der Waals surface area contributed by atoms with Crippen LogP contribution >= 0.6 is 35.7 Å². The number of guanidine groups is 1. The van der Waals surface area contributed by atoms with Gasteiger partial charge in [0, 0.05) is 49.8 Å². The number of hydrogen-bond acceptors (Lipinski definition) is 5. The van der Waals surface area contributed by atoms with Crippen molar-refractivity contribution in [1.82, 2.24) is 15.1 Å². The Labute approximate surface area is 198 Å². The molecular formula is C21H39IN4O2S. The Balaban J connectivity index is 0.00000300. The molecule has 0 bridgehead atoms. The normalized spacial score (nSPS) is 23.9. The molecule has 6 nitrogen and oxygen atoms in total. The molecule has 3 rings (SSSR count). The van der Waals surface area contributed by atoms with E-state index in [1.165, 1.54) is 63.8 Å². The van der Waals surface area contributed by atoms with Gasteiger partial charge in [0.25, 0.3) is 0 Å². The lowest BCUT2D eigenvalue weighted by Gasteiger charge is -2.47. The first kappa shape index (κ1) is 25.0. The van der Waals surface area contributed by atoms with Gasteiger partial charge < -0.3 is 15.0 Å². The van der Waals surface area contributed by atoms with Gasteiger partial charge in [0.15, 0.2) is 5.96 Å². The molecule has 3 aliphatic rings. The Morgan fingerprint density at radius 3 is 2.38 bits per heavy atom. The molecule has 1 saturated carbocycles. The Kier molecular flexibility index (Phi) is 10.9. The number of carbonyl (C=O) groups excluding carboxylic acids is 1. The van der Waals surface area contributed by atoms with E-state index in [1.807, 2.05) is 0 Å². The van der Waals surface area contributed by atoms with Crippen LogP contribution < -0.4 is 5.32 Å². The van der Waals surface area contributed by atoms with Crippen molar-refractivity contribution in [3.63, 3.8) is 0 Å². The van der Waals surface area contributed by atoms with Crippen LogP contribution in [0.25, 0.3) is 0 Å². The summed E-state index contributed by atoms with van der Waals surface area (Å²) in [4.78, 5) is 22.1. The number of rotatable bonds is 5. The molecule has 0 aromatic rings. The molecule has 168 valence electrons. The number of halogens is 1. The molecule has 0 aromatic heterocycles. The summed E-state index contributed by atoms with van der Waals surface area (Å²) in [5.41, 5.74) is 0.254. The molecule has 8 heteroatoms. The molecule has 29 heavy (non-hydrogen) atoms. The van der Waals surface area contributed by atoms with Crippen LogP contribution in [0.3, 0.4) is 0 Å². The van der Waals surface area contributed by atoms with Gasteiger partial charge >= 0.3 is 5.97 Å². The fourth-order valence-electron chi connectivity index (χ4n) is 4.96. The highest BCUT2D eigenvalue weighted by Gasteiger charge is 2.38. The van der Waals surface area contributed by atoms with E-state index < -0.39 is 0 Å². The Bertz CT molecular complexity index is 529. The fourth-order valence-corrected chi connectivity index (χ4v) is 5.87. The van der Waals surface area contributed by atoms with Gasteiger partial charge in [0.05, 0.1) is 19.6 Å². The van der Waals surface area contributed by atoms with E-state index in [1.54, 1.807) is 0 Å². The largest absolute Gasteiger partial charge is 0.469 e. The van der Waals surface area contributed by atoms with Gasteiger partial charge in [-0.2, -0.15) is 11.8 Å². The van der Waals surface area contributed by atoms with Crippen molar-refractivity contribution >= 4 is 47.7 Å². The summed E-state index contributed by atoms with van der Waals surface area (Å²) in [6.45, 7) is 8.08. The smallest absolute Gasteiger partial charge is 0.308 e. The molecule has 0 atom stereocenters. The standard InChI is InChI=1S/C21H38N4O2S.HI/c1-3-22-20(24-11-7-18(8-12-24)19(26)27-2)23-17-21(9-5-4-6-10-21)25-13-15-28-16-14-25;/h18H,3-17H2,1-2H3,(H,22,23);1H. The molecule has 1 N–H and O–H groups in total. The van der Waals surface area contributed by atoms with Crippen LogP contribution in [-0.4, -0.2) is 85.2 Å². The van der Waals surface area contributed by atoms with Crippen LogP contribution in [0.2, 0.25) is 0 Å². The zero-order chi connectivity index (χ0) is 19.8. The first-order valence-corrected chi connectivity index (χ1v) is 12.3. The number of nitrogens with one attached hydrogen (secondary N) is 1. The molecule has 3 fully saturated rings. The van der Waals surface area contributed by atoms with Gasteiger partial charge in [-0.05, 0) is 32.6 Å². The Morgan fingerprint density at radius 1 is 1.14 bits per heavy atom. The molecule has 0 aromatic carbocycles. The van der Waals surface area contributed by atoms with E-state index in [4.69, 9.17) is 9.73 Å². The highest BCUT2D eigenvalue weighted by molar-refractivity contribution is 14.0. The van der Waals surface area contributed by atoms with Crippen molar-refractivity contribution in [3.8, 4) is 0 Å². The number of aliphatic imine (C=N–C) groups is 1. The highest BCUT2D eigenvalue weighted by Crippen LogP contribution is 2.35. The van der Waals surface area contributed by atoms with E-state index in [9.17, 15) is 4.79 Å². The van der Waals surface area contributed by atoms with E-state index in [0.717, 1.165) is 45.0 Å². The van der Waals surface area contributed by atoms with Crippen LogP contribution in [0.4, 0.5) is 0 Å². The number of hydrogen-bond donors (Lipinski definition) is 1. The predicted molar refractivity (Wildman–Crippen MR) is 132 cm³/mol. The highest BCUT2D eigenvalue weighted by atomic mass is 127. The van der Waals surface area contributed by atoms with Crippen LogP contribution in [0.15, 0.2) is 4.99 Å². The topological polar surface area (TPSA) is 57.2 Å². The number of likely N-dealkylation sites (tertiary alicyclic amines) is 1. The maximum absolute atomic E-state index is 11.8. The first-order valence-electron chi connectivity index (χ1n) is 11.1. The van der Waals surface area contributed by atoms with Gasteiger partial charge in [0.1, 0.15) is 0 Å². The van der Waals surface area contributed by atoms with Crippen molar-refractivity contribution in [3.05, 3.63) is 0 Å². The molecule has 0 radical (unpaired) electrons. The minimum Gasteiger partial charge on any atom is -0.469 e. The maximum Gasteiger partial charge on any atom is 0.308 e. The van der Waals surface area contributed by atoms with Crippen molar-refractivity contribution in [2.75, 3.05) is 57.9 Å². The zero-order valence-electron chi connectivity index (χ0n) is 18.2. The van der Waals surface area contributed by atoms with Crippen molar-refractivity contribution in [2.45, 2.75) is 57.4 Å². The van der Waals surface area contributed by atoms with Crippen LogP contribution in [0.1, 0.15) is 51.9 Å². The number of nitrogens with zero attached hydrogens (tertiary/aromatic N) is 3. The van der Waals surface area contributed by atoms with Gasteiger partial charge in [0.2, 0.25) is 0 Å². The summed E-state index contributed by atoms with van der Waals surface area (Å²) in [5.74, 6) is 3.52. The lowest BCUT2D eigenvalue weighted by Crippen LogP contribution is -2.56. The summed E-state index contributed by atoms with van der Waals surface area (Å²) in [7, 11) is 1.49. The van der Waals surface area contributed by atoms with Gasteiger partial charge in [-0.3, -0.25) is 14.7 Å². The van der Waals surface area contributed by atoms with Gasteiger partial charge in [-0.25, -0.2) is 0 Å². The number of thioether (sulfide) groups is 1. The summed E-state index contributed by atoms with van der Waals surface area (Å²) < 4.78 is 4.93. The first-order chi connectivity index (χ1) is 13.7. The monoisotopic (exact) mass is 538 g/mol. The minimum atomic E-state index is -0.0642. The van der Waals surface area contributed by atoms with Gasteiger partial charge in [-0.1, -0.05) is 19.3 Å². The number of carbonyl (C=O) groups is 1. The van der Waals surface area contributed by atoms with E-state index in [-0.39, 0.29) is 41.4 Å². The summed E-state index contributed by atoms with van der Waals surface area (Å²) in [6, 6.07) is 0. The number of methoxy groups -OCH3 is 1. The van der Waals surface area contributed by atoms with Crippen molar-refractivity contribution in [1.29, 1.82) is 0 Å².